The summed E-state index contributed by atoms with van der Waals surface area (Å²) in [4.78, 5) is 21.7. The fraction of sp³-hybridized carbons (Fsp3) is 0.0455. The molecule has 4 aromatic rings. The van der Waals surface area contributed by atoms with Crippen LogP contribution >= 0.6 is 11.6 Å². The zero-order valence-corrected chi connectivity index (χ0v) is 15.8. The van der Waals surface area contributed by atoms with Crippen LogP contribution < -0.4 is 10.1 Å². The molecule has 0 bridgehead atoms. The number of halogens is 1. The summed E-state index contributed by atoms with van der Waals surface area (Å²) < 4.78 is 5.21. The molecular formula is C22H16ClN3O2. The van der Waals surface area contributed by atoms with Gasteiger partial charge in [0.05, 0.1) is 29.6 Å². The highest BCUT2D eigenvalue weighted by molar-refractivity contribution is 6.32. The Balaban J connectivity index is 1.80. The van der Waals surface area contributed by atoms with E-state index in [1.807, 2.05) is 48.5 Å². The SMILES string of the molecule is COc1ccc(-c2cc(C(=O)Nc3cccnc3Cl)c3ccccc3n2)cc1. The first-order valence-corrected chi connectivity index (χ1v) is 8.99. The molecule has 2 aromatic carbocycles. The number of nitrogens with one attached hydrogen (secondary N) is 1. The monoisotopic (exact) mass is 389 g/mol. The minimum atomic E-state index is -0.275. The minimum absolute atomic E-state index is 0.240. The van der Waals surface area contributed by atoms with Crippen LogP contribution in [0.2, 0.25) is 5.15 Å². The molecule has 1 N–H and O–H groups in total. The Hall–Kier alpha value is -3.44. The van der Waals surface area contributed by atoms with Gasteiger partial charge in [0.25, 0.3) is 5.91 Å². The molecule has 2 aromatic heterocycles. The Morgan fingerprint density at radius 3 is 2.57 bits per heavy atom. The number of hydrogen-bond donors (Lipinski definition) is 1. The van der Waals surface area contributed by atoms with Crippen molar-refractivity contribution in [2.75, 3.05) is 12.4 Å². The number of carbonyl (C=O) groups is 1. The maximum atomic E-state index is 13.0. The molecule has 0 aliphatic rings. The summed E-state index contributed by atoms with van der Waals surface area (Å²) in [6.07, 6.45) is 1.57. The second kappa shape index (κ2) is 7.66. The molecule has 6 heteroatoms. The van der Waals surface area contributed by atoms with Crippen LogP contribution in [0.3, 0.4) is 0 Å². The van der Waals surface area contributed by atoms with Crippen LogP contribution in [0.1, 0.15) is 10.4 Å². The van der Waals surface area contributed by atoms with Gasteiger partial charge in [-0.2, -0.15) is 0 Å². The average molecular weight is 390 g/mol. The zero-order valence-electron chi connectivity index (χ0n) is 15.0. The third-order valence-electron chi connectivity index (χ3n) is 4.35. The van der Waals surface area contributed by atoms with Gasteiger partial charge in [-0.1, -0.05) is 29.8 Å². The molecule has 0 unspecified atom stereocenters. The molecule has 138 valence electrons. The van der Waals surface area contributed by atoms with Crippen molar-refractivity contribution in [3.8, 4) is 17.0 Å². The maximum absolute atomic E-state index is 13.0. The van der Waals surface area contributed by atoms with Crippen molar-refractivity contribution >= 4 is 34.1 Å². The standard InChI is InChI=1S/C22H16ClN3O2/c1-28-15-10-8-14(9-11-15)20-13-17(16-5-2-3-6-18(16)25-20)22(27)26-19-7-4-12-24-21(19)23/h2-13H,1H3,(H,26,27). The molecule has 0 saturated carbocycles. The van der Waals surface area contributed by atoms with Crippen molar-refractivity contribution in [2.45, 2.75) is 0 Å². The van der Waals surface area contributed by atoms with Crippen LogP contribution in [-0.2, 0) is 0 Å². The van der Waals surface area contributed by atoms with Gasteiger partial charge >= 0.3 is 0 Å². The topological polar surface area (TPSA) is 64.1 Å². The van der Waals surface area contributed by atoms with E-state index in [1.54, 1.807) is 31.5 Å². The van der Waals surface area contributed by atoms with Crippen LogP contribution in [0.25, 0.3) is 22.2 Å². The van der Waals surface area contributed by atoms with Crippen LogP contribution in [0, 0.1) is 0 Å². The zero-order chi connectivity index (χ0) is 19.5. The highest BCUT2D eigenvalue weighted by atomic mass is 35.5. The lowest BCUT2D eigenvalue weighted by Gasteiger charge is -2.11. The Labute approximate surface area is 167 Å². The Bertz CT molecular complexity index is 1160. The summed E-state index contributed by atoms with van der Waals surface area (Å²) in [5.41, 5.74) is 3.29. The number of hydrogen-bond acceptors (Lipinski definition) is 4. The largest absolute Gasteiger partial charge is 0.497 e. The second-order valence-electron chi connectivity index (χ2n) is 6.10. The van der Waals surface area contributed by atoms with Gasteiger partial charge in [-0.25, -0.2) is 9.97 Å². The number of methoxy groups -OCH3 is 1. The number of aromatic nitrogens is 2. The van der Waals surface area contributed by atoms with Crippen molar-refractivity contribution in [1.29, 1.82) is 0 Å². The van der Waals surface area contributed by atoms with Crippen LogP contribution in [0.5, 0.6) is 5.75 Å². The normalized spacial score (nSPS) is 10.6. The molecule has 5 nitrogen and oxygen atoms in total. The van der Waals surface area contributed by atoms with Gasteiger partial charge in [0.15, 0.2) is 5.15 Å². The lowest BCUT2D eigenvalue weighted by molar-refractivity contribution is 0.102. The molecular weight excluding hydrogens is 374 g/mol. The van der Waals surface area contributed by atoms with E-state index >= 15 is 0 Å². The number of pyridine rings is 2. The predicted octanol–water partition coefficient (Wildman–Crippen LogP) is 5.21. The quantitative estimate of drug-likeness (QED) is 0.486. The molecule has 0 aliphatic heterocycles. The number of para-hydroxylation sites is 1. The van der Waals surface area contributed by atoms with E-state index in [4.69, 9.17) is 21.3 Å². The Morgan fingerprint density at radius 2 is 1.82 bits per heavy atom. The van der Waals surface area contributed by atoms with Gasteiger partial charge in [0.2, 0.25) is 0 Å². The lowest BCUT2D eigenvalue weighted by atomic mass is 10.0. The number of anilines is 1. The summed E-state index contributed by atoms with van der Waals surface area (Å²) in [5, 5.41) is 3.84. The lowest BCUT2D eigenvalue weighted by Crippen LogP contribution is -2.13. The number of fused-ring (bicyclic) bond motifs is 1. The number of nitrogens with zero attached hydrogens (tertiary/aromatic N) is 2. The highest BCUT2D eigenvalue weighted by Gasteiger charge is 2.15. The highest BCUT2D eigenvalue weighted by Crippen LogP contribution is 2.27. The Kier molecular flexibility index (Phi) is 4.91. The second-order valence-corrected chi connectivity index (χ2v) is 6.45. The number of amides is 1. The first-order chi connectivity index (χ1) is 13.7. The van der Waals surface area contributed by atoms with Gasteiger partial charge in [0, 0.05) is 17.1 Å². The molecule has 0 aliphatic carbocycles. The van der Waals surface area contributed by atoms with Gasteiger partial charge < -0.3 is 10.1 Å². The van der Waals surface area contributed by atoms with E-state index in [1.165, 1.54) is 0 Å². The molecule has 0 spiro atoms. The molecule has 2 heterocycles. The van der Waals surface area contributed by atoms with E-state index in [-0.39, 0.29) is 11.1 Å². The van der Waals surface area contributed by atoms with E-state index in [2.05, 4.69) is 10.3 Å². The fourth-order valence-electron chi connectivity index (χ4n) is 2.94. The molecule has 4 rings (SSSR count). The number of ether oxygens (including phenoxy) is 1. The van der Waals surface area contributed by atoms with E-state index < -0.39 is 0 Å². The van der Waals surface area contributed by atoms with Crippen molar-refractivity contribution < 1.29 is 9.53 Å². The van der Waals surface area contributed by atoms with Crippen molar-refractivity contribution in [1.82, 2.24) is 9.97 Å². The number of carbonyl (C=O) groups excluding carboxylic acids is 1. The average Bonchev–Trinajstić information content (AvgIpc) is 2.74. The van der Waals surface area contributed by atoms with Gasteiger partial charge in [-0.15, -0.1) is 0 Å². The summed E-state index contributed by atoms with van der Waals surface area (Å²) in [5.74, 6) is 0.483. The molecule has 0 saturated heterocycles. The van der Waals surface area contributed by atoms with E-state index in [9.17, 15) is 4.79 Å². The Morgan fingerprint density at radius 1 is 1.04 bits per heavy atom. The molecule has 0 atom stereocenters. The maximum Gasteiger partial charge on any atom is 0.256 e. The third-order valence-corrected chi connectivity index (χ3v) is 4.66. The van der Waals surface area contributed by atoms with Crippen LogP contribution in [-0.4, -0.2) is 23.0 Å². The fourth-order valence-corrected chi connectivity index (χ4v) is 3.11. The molecule has 0 fully saturated rings. The number of benzene rings is 2. The summed E-state index contributed by atoms with van der Waals surface area (Å²) in [6, 6.07) is 20.3. The summed E-state index contributed by atoms with van der Waals surface area (Å²) in [7, 11) is 1.62. The van der Waals surface area contributed by atoms with Crippen LogP contribution in [0.15, 0.2) is 72.9 Å². The summed E-state index contributed by atoms with van der Waals surface area (Å²) in [6.45, 7) is 0. The molecule has 1 amide bonds. The van der Waals surface area contributed by atoms with Crippen molar-refractivity contribution in [3.63, 3.8) is 0 Å². The van der Waals surface area contributed by atoms with Gasteiger partial charge in [-0.05, 0) is 48.5 Å². The number of rotatable bonds is 4. The van der Waals surface area contributed by atoms with E-state index in [0.717, 1.165) is 22.2 Å². The van der Waals surface area contributed by atoms with Crippen molar-refractivity contribution in [3.05, 3.63) is 83.6 Å². The first kappa shape index (κ1) is 17.9. The molecule has 0 radical (unpaired) electrons. The first-order valence-electron chi connectivity index (χ1n) is 8.62. The predicted molar refractivity (Wildman–Crippen MR) is 111 cm³/mol. The minimum Gasteiger partial charge on any atom is -0.497 e. The van der Waals surface area contributed by atoms with Gasteiger partial charge in [-0.3, -0.25) is 4.79 Å². The third kappa shape index (κ3) is 3.52. The van der Waals surface area contributed by atoms with E-state index in [0.29, 0.717) is 16.9 Å². The smallest absolute Gasteiger partial charge is 0.256 e. The summed E-state index contributed by atoms with van der Waals surface area (Å²) >= 11 is 6.08. The van der Waals surface area contributed by atoms with Crippen molar-refractivity contribution in [2.24, 2.45) is 0 Å². The van der Waals surface area contributed by atoms with Crippen LogP contribution in [0.4, 0.5) is 5.69 Å². The van der Waals surface area contributed by atoms with Gasteiger partial charge in [0.1, 0.15) is 5.75 Å². The molecule has 28 heavy (non-hydrogen) atoms.